The maximum atomic E-state index is 13.7. The van der Waals surface area contributed by atoms with Gasteiger partial charge in [-0.15, -0.1) is 21.5 Å². The number of nitrogens with one attached hydrogen (secondary N) is 1. The number of anilines is 1. The van der Waals surface area contributed by atoms with Crippen molar-refractivity contribution >= 4 is 34.7 Å². The number of thiophene rings is 1. The van der Waals surface area contributed by atoms with E-state index in [2.05, 4.69) is 15.5 Å². The monoisotopic (exact) mass is 512 g/mol. The van der Waals surface area contributed by atoms with Crippen LogP contribution in [0.25, 0.3) is 16.4 Å². The topological polar surface area (TPSA) is 69.0 Å². The summed E-state index contributed by atoms with van der Waals surface area (Å²) in [7, 11) is 0. The molecular weight excluding hydrogens is 488 g/mol. The summed E-state index contributed by atoms with van der Waals surface area (Å²) < 4.78 is 7.72. The van der Waals surface area contributed by atoms with Gasteiger partial charge in [0.05, 0.1) is 17.2 Å². The summed E-state index contributed by atoms with van der Waals surface area (Å²) in [4.78, 5) is 14.7. The molecule has 0 saturated heterocycles. The van der Waals surface area contributed by atoms with Gasteiger partial charge in [0.2, 0.25) is 5.91 Å². The van der Waals surface area contributed by atoms with Crippen LogP contribution in [0.1, 0.15) is 17.7 Å². The lowest BCUT2D eigenvalue weighted by molar-refractivity contribution is -0.115. The van der Waals surface area contributed by atoms with Gasteiger partial charge in [0.1, 0.15) is 11.0 Å². The molecule has 5 aromatic rings. The minimum Gasteiger partial charge on any atom is -0.492 e. The number of amides is 1. The SMILES string of the molecule is CCOc1ccccc1NC(=O)C(Sc1nnc(-c2cccs2)n1-c1ccccc1)c1ccccc1. The van der Waals surface area contributed by atoms with Gasteiger partial charge in [0.15, 0.2) is 11.0 Å². The average Bonchev–Trinajstić information content (AvgIpc) is 3.60. The molecule has 0 radical (unpaired) electrons. The number of carbonyl (C=O) groups is 1. The van der Waals surface area contributed by atoms with Crippen LogP contribution in [0, 0.1) is 0 Å². The van der Waals surface area contributed by atoms with Crippen LogP contribution in [0.2, 0.25) is 0 Å². The molecule has 1 N–H and O–H groups in total. The van der Waals surface area contributed by atoms with Gasteiger partial charge in [0, 0.05) is 5.69 Å². The molecular formula is C28H24N4O2S2. The molecule has 2 heterocycles. The molecule has 36 heavy (non-hydrogen) atoms. The van der Waals surface area contributed by atoms with Crippen molar-refractivity contribution in [2.45, 2.75) is 17.3 Å². The molecule has 0 aliphatic rings. The van der Waals surface area contributed by atoms with Crippen LogP contribution in [-0.2, 0) is 4.79 Å². The minimum absolute atomic E-state index is 0.168. The molecule has 6 nitrogen and oxygen atoms in total. The number of benzene rings is 3. The number of aromatic nitrogens is 3. The minimum atomic E-state index is -0.566. The molecule has 180 valence electrons. The van der Waals surface area contributed by atoms with Gasteiger partial charge in [-0.2, -0.15) is 0 Å². The first-order valence-corrected chi connectivity index (χ1v) is 13.3. The summed E-state index contributed by atoms with van der Waals surface area (Å²) in [5.41, 5.74) is 2.44. The fraction of sp³-hybridized carbons (Fsp3) is 0.107. The Morgan fingerprint density at radius 1 is 0.944 bits per heavy atom. The van der Waals surface area contributed by atoms with Crippen molar-refractivity contribution in [2.24, 2.45) is 0 Å². The van der Waals surface area contributed by atoms with Gasteiger partial charge in [-0.05, 0) is 48.2 Å². The summed E-state index contributed by atoms with van der Waals surface area (Å²) >= 11 is 2.97. The Morgan fingerprint density at radius 2 is 1.67 bits per heavy atom. The van der Waals surface area contributed by atoms with Crippen LogP contribution in [-0.4, -0.2) is 27.3 Å². The number of carbonyl (C=O) groups excluding carboxylic acids is 1. The van der Waals surface area contributed by atoms with Gasteiger partial charge in [0.25, 0.3) is 0 Å². The van der Waals surface area contributed by atoms with E-state index in [0.717, 1.165) is 22.0 Å². The zero-order valence-corrected chi connectivity index (χ0v) is 21.2. The highest BCUT2D eigenvalue weighted by Crippen LogP contribution is 2.39. The molecule has 1 atom stereocenters. The van der Waals surface area contributed by atoms with Crippen LogP contribution >= 0.6 is 23.1 Å². The van der Waals surface area contributed by atoms with Gasteiger partial charge in [-0.1, -0.05) is 78.5 Å². The number of ether oxygens (including phenoxy) is 1. The summed E-state index contributed by atoms with van der Waals surface area (Å²) in [6.07, 6.45) is 0. The highest BCUT2D eigenvalue weighted by Gasteiger charge is 2.27. The number of hydrogen-bond acceptors (Lipinski definition) is 6. The van der Waals surface area contributed by atoms with Crippen molar-refractivity contribution < 1.29 is 9.53 Å². The molecule has 0 saturated carbocycles. The largest absolute Gasteiger partial charge is 0.492 e. The summed E-state index contributed by atoms with van der Waals surface area (Å²) in [6.45, 7) is 2.43. The smallest absolute Gasteiger partial charge is 0.242 e. The van der Waals surface area contributed by atoms with Gasteiger partial charge >= 0.3 is 0 Å². The van der Waals surface area contributed by atoms with Gasteiger partial charge < -0.3 is 10.1 Å². The molecule has 8 heteroatoms. The normalized spacial score (nSPS) is 11.7. The molecule has 0 spiro atoms. The molecule has 0 aliphatic carbocycles. The zero-order valence-electron chi connectivity index (χ0n) is 19.6. The van der Waals surface area contributed by atoms with E-state index in [0.29, 0.717) is 23.2 Å². The highest BCUT2D eigenvalue weighted by atomic mass is 32.2. The molecule has 0 aliphatic heterocycles. The number of hydrogen-bond donors (Lipinski definition) is 1. The third-order valence-corrected chi connectivity index (χ3v) is 7.46. The predicted molar refractivity (Wildman–Crippen MR) is 146 cm³/mol. The van der Waals surface area contributed by atoms with Gasteiger partial charge in [-0.25, -0.2) is 0 Å². The number of nitrogens with zero attached hydrogens (tertiary/aromatic N) is 3. The van der Waals surface area contributed by atoms with Crippen LogP contribution < -0.4 is 10.1 Å². The van der Waals surface area contributed by atoms with Crippen LogP contribution in [0.5, 0.6) is 5.75 Å². The Bertz CT molecular complexity index is 1420. The quantitative estimate of drug-likeness (QED) is 0.218. The molecule has 1 amide bonds. The van der Waals surface area contributed by atoms with Crippen molar-refractivity contribution in [1.29, 1.82) is 0 Å². The first kappa shape index (κ1) is 23.8. The molecule has 0 fully saturated rings. The zero-order chi connectivity index (χ0) is 24.7. The third-order valence-electron chi connectivity index (χ3n) is 5.40. The van der Waals surface area contributed by atoms with E-state index in [1.165, 1.54) is 11.8 Å². The number of thioether (sulfide) groups is 1. The van der Waals surface area contributed by atoms with Crippen LogP contribution in [0.4, 0.5) is 5.69 Å². The summed E-state index contributed by atoms with van der Waals surface area (Å²) in [5, 5.41) is 14.2. The number of rotatable bonds is 9. The third kappa shape index (κ3) is 5.19. The Kier molecular flexibility index (Phi) is 7.44. The molecule has 1 unspecified atom stereocenters. The van der Waals surface area contributed by atoms with Crippen molar-refractivity contribution in [3.8, 4) is 22.1 Å². The predicted octanol–water partition coefficient (Wildman–Crippen LogP) is 6.87. The maximum Gasteiger partial charge on any atom is 0.242 e. The molecule has 2 aromatic heterocycles. The van der Waals surface area contributed by atoms with Crippen LogP contribution in [0.3, 0.4) is 0 Å². The fourth-order valence-electron chi connectivity index (χ4n) is 3.78. The second-order valence-corrected chi connectivity index (χ2v) is 9.80. The van der Waals surface area contributed by atoms with Crippen LogP contribution in [0.15, 0.2) is 108 Å². The van der Waals surface area contributed by atoms with E-state index < -0.39 is 5.25 Å². The Labute approximate surface area is 218 Å². The fourth-order valence-corrected chi connectivity index (χ4v) is 5.53. The standard InChI is InChI=1S/C28H24N4O2S2/c1-2-34-23-17-10-9-16-22(23)29-27(33)25(20-12-5-3-6-13-20)36-28-31-30-26(24-18-11-19-35-24)32(28)21-14-7-4-8-15-21/h3-19,25H,2H2,1H3,(H,29,33). The average molecular weight is 513 g/mol. The van der Waals surface area contributed by atoms with E-state index in [1.54, 1.807) is 11.3 Å². The van der Waals surface area contributed by atoms with E-state index in [1.807, 2.05) is 114 Å². The Morgan fingerprint density at radius 3 is 2.39 bits per heavy atom. The van der Waals surface area contributed by atoms with Crippen molar-refractivity contribution in [1.82, 2.24) is 14.8 Å². The Hall–Kier alpha value is -3.88. The van der Waals surface area contributed by atoms with Crippen molar-refractivity contribution in [3.63, 3.8) is 0 Å². The first-order valence-electron chi connectivity index (χ1n) is 11.5. The highest BCUT2D eigenvalue weighted by molar-refractivity contribution is 8.00. The van der Waals surface area contributed by atoms with E-state index in [4.69, 9.17) is 4.74 Å². The number of para-hydroxylation sites is 3. The van der Waals surface area contributed by atoms with E-state index in [9.17, 15) is 4.79 Å². The lowest BCUT2D eigenvalue weighted by Crippen LogP contribution is -2.20. The maximum absolute atomic E-state index is 13.7. The Balaban J connectivity index is 1.54. The molecule has 5 rings (SSSR count). The van der Waals surface area contributed by atoms with Crippen molar-refractivity contribution in [2.75, 3.05) is 11.9 Å². The van der Waals surface area contributed by atoms with E-state index >= 15 is 0 Å². The lowest BCUT2D eigenvalue weighted by Gasteiger charge is -2.19. The molecule has 0 bridgehead atoms. The van der Waals surface area contributed by atoms with E-state index in [-0.39, 0.29) is 5.91 Å². The summed E-state index contributed by atoms with van der Waals surface area (Å²) in [6, 6.07) is 31.2. The van der Waals surface area contributed by atoms with Crippen molar-refractivity contribution in [3.05, 3.63) is 108 Å². The second kappa shape index (κ2) is 11.2. The molecule has 3 aromatic carbocycles. The lowest BCUT2D eigenvalue weighted by atomic mass is 10.1. The summed E-state index contributed by atoms with van der Waals surface area (Å²) in [5.74, 6) is 1.21. The van der Waals surface area contributed by atoms with Gasteiger partial charge in [-0.3, -0.25) is 9.36 Å². The first-order chi connectivity index (χ1) is 17.7. The second-order valence-electron chi connectivity index (χ2n) is 7.78.